The quantitative estimate of drug-likeness (QED) is 0.171. The normalized spacial score (nSPS) is 19.8. The molecule has 0 bridgehead atoms. The first-order valence-electron chi connectivity index (χ1n) is 14.6. The molecular weight excluding hydrogens is 580 g/mol. The van der Waals surface area contributed by atoms with Crippen molar-refractivity contribution in [1.29, 1.82) is 0 Å². The lowest BCUT2D eigenvalue weighted by molar-refractivity contribution is -0.0994. The van der Waals surface area contributed by atoms with Gasteiger partial charge >= 0.3 is 5.69 Å². The highest BCUT2D eigenvalue weighted by Crippen LogP contribution is 2.43. The van der Waals surface area contributed by atoms with Crippen LogP contribution in [0.2, 0.25) is 0 Å². The highest BCUT2D eigenvalue weighted by molar-refractivity contribution is 5.49. The number of methoxy groups -OCH3 is 3. The van der Waals surface area contributed by atoms with Crippen molar-refractivity contribution in [1.82, 2.24) is 9.55 Å². The summed E-state index contributed by atoms with van der Waals surface area (Å²) in [5.41, 5.74) is 0.430. The Morgan fingerprint density at radius 2 is 1.42 bits per heavy atom. The maximum atomic E-state index is 12.9. The fourth-order valence-corrected chi connectivity index (χ4v) is 5.58. The van der Waals surface area contributed by atoms with Gasteiger partial charge in [0.1, 0.15) is 35.4 Å². The molecule has 1 aliphatic heterocycles. The summed E-state index contributed by atoms with van der Waals surface area (Å²) >= 11 is 0. The number of aromatic amines is 1. The van der Waals surface area contributed by atoms with E-state index in [2.05, 4.69) is 4.98 Å². The molecule has 238 valence electrons. The second kappa shape index (κ2) is 14.2. The van der Waals surface area contributed by atoms with Gasteiger partial charge in [0.2, 0.25) is 0 Å². The maximum absolute atomic E-state index is 12.9. The van der Waals surface area contributed by atoms with Gasteiger partial charge in [0, 0.05) is 18.9 Å². The molecule has 45 heavy (non-hydrogen) atoms. The van der Waals surface area contributed by atoms with Gasteiger partial charge in [0.25, 0.3) is 5.56 Å². The predicted octanol–water partition coefficient (Wildman–Crippen LogP) is 3.16. The summed E-state index contributed by atoms with van der Waals surface area (Å²) in [4.78, 5) is 27.2. The Labute approximate surface area is 260 Å². The molecule has 1 fully saturated rings. The van der Waals surface area contributed by atoms with Gasteiger partial charge in [-0.15, -0.1) is 0 Å². The van der Waals surface area contributed by atoms with Crippen molar-refractivity contribution >= 4 is 0 Å². The molecule has 0 radical (unpaired) electrons. The van der Waals surface area contributed by atoms with E-state index >= 15 is 0 Å². The van der Waals surface area contributed by atoms with Crippen molar-refractivity contribution in [3.63, 3.8) is 0 Å². The fraction of sp³-hybridized carbons (Fsp3) is 0.353. The van der Waals surface area contributed by atoms with E-state index in [0.29, 0.717) is 17.1 Å². The molecule has 0 spiro atoms. The number of aliphatic hydroxyl groups is 1. The minimum Gasteiger partial charge on any atom is -0.497 e. The third-order valence-corrected chi connectivity index (χ3v) is 7.97. The van der Waals surface area contributed by atoms with Gasteiger partial charge in [-0.2, -0.15) is 0 Å². The Balaban J connectivity index is 1.56. The summed E-state index contributed by atoms with van der Waals surface area (Å²) in [5.74, 6) is 1.37. The van der Waals surface area contributed by atoms with Crippen LogP contribution >= 0.6 is 0 Å². The van der Waals surface area contributed by atoms with E-state index in [1.54, 1.807) is 21.1 Å². The molecule has 2 N–H and O–H groups in total. The summed E-state index contributed by atoms with van der Waals surface area (Å²) in [6.07, 6.45) is -2.70. The molecule has 1 saturated heterocycles. The Bertz CT molecular complexity index is 1610. The van der Waals surface area contributed by atoms with E-state index < -0.39 is 41.4 Å². The number of H-pyrrole nitrogens is 1. The fourth-order valence-electron chi connectivity index (χ4n) is 5.58. The molecule has 11 nitrogen and oxygen atoms in total. The topological polar surface area (TPSA) is 130 Å². The zero-order valence-corrected chi connectivity index (χ0v) is 25.7. The van der Waals surface area contributed by atoms with Crippen LogP contribution in [0.1, 0.15) is 28.5 Å². The number of rotatable bonds is 13. The van der Waals surface area contributed by atoms with Gasteiger partial charge in [-0.1, -0.05) is 54.6 Å². The number of hydrogen-bond donors (Lipinski definition) is 2. The van der Waals surface area contributed by atoms with Crippen molar-refractivity contribution in [2.24, 2.45) is 0 Å². The number of aliphatic hydroxyl groups excluding tert-OH is 1. The molecule has 11 heteroatoms. The first kappa shape index (κ1) is 32.1. The van der Waals surface area contributed by atoms with E-state index in [1.807, 2.05) is 78.9 Å². The Morgan fingerprint density at radius 1 is 0.844 bits per heavy atom. The molecule has 3 aromatic carbocycles. The lowest BCUT2D eigenvalue weighted by atomic mass is 9.80. The molecule has 4 aromatic rings. The molecule has 0 saturated carbocycles. The molecule has 2 unspecified atom stereocenters. The number of aryl methyl sites for hydroxylation is 1. The van der Waals surface area contributed by atoms with Crippen LogP contribution in [-0.4, -0.2) is 74.1 Å². The zero-order chi connectivity index (χ0) is 32.0. The van der Waals surface area contributed by atoms with Crippen molar-refractivity contribution in [3.05, 3.63) is 128 Å². The lowest BCUT2D eigenvalue weighted by Gasteiger charge is -2.37. The van der Waals surface area contributed by atoms with Crippen molar-refractivity contribution < 1.29 is 33.5 Å². The van der Waals surface area contributed by atoms with Crippen molar-refractivity contribution in [2.45, 2.75) is 37.1 Å². The van der Waals surface area contributed by atoms with E-state index in [-0.39, 0.29) is 19.8 Å². The average molecular weight is 619 g/mol. The highest BCUT2D eigenvalue weighted by atomic mass is 16.6. The summed E-state index contributed by atoms with van der Waals surface area (Å²) in [6, 6.07) is 24.9. The Kier molecular flexibility index (Phi) is 10.2. The number of ether oxygens (including phenoxy) is 6. The number of nitrogens with one attached hydrogen (secondary N) is 1. The van der Waals surface area contributed by atoms with E-state index in [9.17, 15) is 14.7 Å². The van der Waals surface area contributed by atoms with Gasteiger partial charge in [-0.05, 0) is 47.9 Å². The molecule has 2 heterocycles. The number of nitrogens with zero attached hydrogens (tertiary/aromatic N) is 1. The molecule has 0 amide bonds. The van der Waals surface area contributed by atoms with Crippen molar-refractivity contribution in [2.75, 3.05) is 41.2 Å². The van der Waals surface area contributed by atoms with E-state index in [0.717, 1.165) is 16.7 Å². The monoisotopic (exact) mass is 618 g/mol. The highest BCUT2D eigenvalue weighted by Gasteiger charge is 2.48. The van der Waals surface area contributed by atoms with Crippen LogP contribution in [0.3, 0.4) is 0 Å². The van der Waals surface area contributed by atoms with Crippen LogP contribution < -0.4 is 20.7 Å². The summed E-state index contributed by atoms with van der Waals surface area (Å²) < 4.78 is 36.4. The minimum atomic E-state index is -1.19. The average Bonchev–Trinajstić information content (AvgIpc) is 3.38. The lowest BCUT2D eigenvalue weighted by Crippen LogP contribution is -2.41. The maximum Gasteiger partial charge on any atom is 0.330 e. The third kappa shape index (κ3) is 6.58. The third-order valence-electron chi connectivity index (χ3n) is 7.97. The standard InChI is InChI=1S/C34H38N2O9/c1-22-20-36(33(39)35-31(22)38)32-30(43-19-18-40-2)29(37)28(45-32)21-44-34(23-8-6-5-7-9-23,24-10-14-26(41-3)15-11-24)25-12-16-27(42-4)17-13-25/h5-17,20,28-30,32,37H,18-19,21H2,1-4H3,(H,35,38,39)/t28-,29?,30?,32-/m1/s1. The van der Waals surface area contributed by atoms with Gasteiger partial charge in [-0.3, -0.25) is 14.3 Å². The van der Waals surface area contributed by atoms with Crippen LogP contribution in [0.5, 0.6) is 11.5 Å². The second-order valence-electron chi connectivity index (χ2n) is 10.7. The van der Waals surface area contributed by atoms with Crippen LogP contribution in [0.4, 0.5) is 0 Å². The van der Waals surface area contributed by atoms with Gasteiger partial charge in [0.05, 0.1) is 34.0 Å². The zero-order valence-electron chi connectivity index (χ0n) is 25.7. The number of hydrogen-bond acceptors (Lipinski definition) is 9. The largest absolute Gasteiger partial charge is 0.497 e. The molecule has 4 atom stereocenters. The van der Waals surface area contributed by atoms with Crippen LogP contribution in [0, 0.1) is 6.92 Å². The van der Waals surface area contributed by atoms with Crippen molar-refractivity contribution in [3.8, 4) is 11.5 Å². The first-order valence-corrected chi connectivity index (χ1v) is 14.6. The van der Waals surface area contributed by atoms with Gasteiger partial charge < -0.3 is 33.5 Å². The minimum absolute atomic E-state index is 0.0914. The van der Waals surface area contributed by atoms with E-state index in [1.165, 1.54) is 17.9 Å². The molecule has 0 aliphatic carbocycles. The van der Waals surface area contributed by atoms with Gasteiger partial charge in [-0.25, -0.2) is 4.79 Å². The van der Waals surface area contributed by atoms with Crippen LogP contribution in [0.15, 0.2) is 94.6 Å². The molecule has 1 aromatic heterocycles. The summed E-state index contributed by atoms with van der Waals surface area (Å²) in [6.45, 7) is 1.91. The summed E-state index contributed by atoms with van der Waals surface area (Å²) in [7, 11) is 4.75. The molecule has 1 aliphatic rings. The summed E-state index contributed by atoms with van der Waals surface area (Å²) in [5, 5.41) is 11.5. The predicted molar refractivity (Wildman–Crippen MR) is 166 cm³/mol. The smallest absolute Gasteiger partial charge is 0.330 e. The molecule has 5 rings (SSSR count). The number of aromatic nitrogens is 2. The number of benzene rings is 3. The van der Waals surface area contributed by atoms with Gasteiger partial charge in [0.15, 0.2) is 6.23 Å². The first-order chi connectivity index (χ1) is 21.8. The Hall–Kier alpha value is -4.26. The SMILES string of the molecule is COCCOC1C(O)[C@@H](COC(c2ccccc2)(c2ccc(OC)cc2)c2ccc(OC)cc2)O[C@H]1n1cc(C)c(=O)[nH]c1=O. The Morgan fingerprint density at radius 3 is 1.98 bits per heavy atom. The second-order valence-corrected chi connectivity index (χ2v) is 10.7. The van der Waals surface area contributed by atoms with E-state index in [4.69, 9.17) is 28.4 Å². The molecular formula is C34H38N2O9. The van der Waals surface area contributed by atoms with Crippen LogP contribution in [-0.2, 0) is 24.5 Å². The van der Waals surface area contributed by atoms with Crippen LogP contribution in [0.25, 0.3) is 0 Å².